The van der Waals surface area contributed by atoms with Crippen molar-refractivity contribution in [2.24, 2.45) is 7.05 Å². The molecule has 0 unspecified atom stereocenters. The molecule has 0 aliphatic rings. The average Bonchev–Trinajstić information content (AvgIpc) is 2.42. The third-order valence-corrected chi connectivity index (χ3v) is 3.79. The second kappa shape index (κ2) is 6.37. The first-order valence-electron chi connectivity index (χ1n) is 7.04. The van der Waals surface area contributed by atoms with Crippen molar-refractivity contribution in [3.05, 3.63) is 39.4 Å². The molecule has 0 amide bonds. The Bertz CT molecular complexity index is 666. The monoisotopic (exact) mass is 294 g/mol. The number of aromatic nitrogens is 2. The topological polar surface area (TPSA) is 51.5 Å². The first kappa shape index (κ1) is 15.0. The van der Waals surface area contributed by atoms with Gasteiger partial charge >= 0.3 is 0 Å². The molecular weight excluding hydrogens is 274 g/mol. The van der Waals surface area contributed by atoms with Gasteiger partial charge < -0.3 is 5.32 Å². The Kier molecular flexibility index (Phi) is 4.78. The summed E-state index contributed by atoms with van der Waals surface area (Å²) in [5.41, 5.74) is 0.656. The van der Waals surface area contributed by atoms with Crippen molar-refractivity contribution in [1.29, 1.82) is 0 Å². The van der Waals surface area contributed by atoms with Crippen molar-refractivity contribution >= 4 is 22.5 Å². The Hall–Kier alpha value is -1.39. The smallest absolute Gasteiger partial charge is 0.261 e. The van der Waals surface area contributed by atoms with Gasteiger partial charge in [0.25, 0.3) is 5.56 Å². The molecule has 1 heterocycles. The lowest BCUT2D eigenvalue weighted by Gasteiger charge is -2.14. The van der Waals surface area contributed by atoms with Crippen molar-refractivity contribution < 1.29 is 5.32 Å². The van der Waals surface area contributed by atoms with Crippen molar-refractivity contribution in [3.63, 3.8) is 0 Å². The Morgan fingerprint density at radius 2 is 2.20 bits per heavy atom. The van der Waals surface area contributed by atoms with Crippen molar-refractivity contribution in [2.45, 2.75) is 32.7 Å². The summed E-state index contributed by atoms with van der Waals surface area (Å²) in [5, 5.41) is 3.44. The average molecular weight is 295 g/mol. The molecule has 0 bridgehead atoms. The molecule has 0 radical (unpaired) electrons. The van der Waals surface area contributed by atoms with Crippen LogP contribution in [0.15, 0.2) is 23.0 Å². The highest BCUT2D eigenvalue weighted by Gasteiger charge is 2.16. The molecule has 1 atom stereocenters. The number of unbranched alkanes of at least 4 members (excludes halogenated alkanes) is 1. The Morgan fingerprint density at radius 3 is 2.90 bits per heavy atom. The van der Waals surface area contributed by atoms with Crippen LogP contribution in [0.5, 0.6) is 0 Å². The van der Waals surface area contributed by atoms with Crippen molar-refractivity contribution in [1.82, 2.24) is 9.55 Å². The van der Waals surface area contributed by atoms with Crippen LogP contribution in [0.25, 0.3) is 10.9 Å². The summed E-state index contributed by atoms with van der Waals surface area (Å²) in [7, 11) is 1.78. The second-order valence-corrected chi connectivity index (χ2v) is 5.60. The lowest BCUT2D eigenvalue weighted by atomic mass is 10.2. The van der Waals surface area contributed by atoms with E-state index >= 15 is 0 Å². The van der Waals surface area contributed by atoms with E-state index in [2.05, 4.69) is 24.1 Å². The summed E-state index contributed by atoms with van der Waals surface area (Å²) in [6.45, 7) is 5.29. The molecule has 0 aliphatic carbocycles. The zero-order valence-corrected chi connectivity index (χ0v) is 12.9. The van der Waals surface area contributed by atoms with Gasteiger partial charge in [-0.15, -0.1) is 0 Å². The summed E-state index contributed by atoms with van der Waals surface area (Å²) < 4.78 is 1.64. The third kappa shape index (κ3) is 3.02. The highest BCUT2D eigenvalue weighted by molar-refractivity contribution is 6.31. The second-order valence-electron chi connectivity index (χ2n) is 5.16. The third-order valence-electron chi connectivity index (χ3n) is 3.56. The van der Waals surface area contributed by atoms with Crippen LogP contribution in [0.1, 0.15) is 38.6 Å². The molecule has 0 fully saturated rings. The maximum Gasteiger partial charge on any atom is 0.261 e. The van der Waals surface area contributed by atoms with Crippen LogP contribution in [-0.4, -0.2) is 16.1 Å². The molecule has 5 heteroatoms. The van der Waals surface area contributed by atoms with Crippen LogP contribution in [0.3, 0.4) is 0 Å². The minimum absolute atomic E-state index is 0.0163. The van der Waals surface area contributed by atoms with Crippen LogP contribution < -0.4 is 10.9 Å². The molecule has 1 aromatic heterocycles. The van der Waals surface area contributed by atoms with E-state index in [1.807, 2.05) is 0 Å². The van der Waals surface area contributed by atoms with Gasteiger partial charge in [0, 0.05) is 12.1 Å². The van der Waals surface area contributed by atoms with Crippen molar-refractivity contribution in [2.75, 3.05) is 6.54 Å². The highest BCUT2D eigenvalue weighted by atomic mass is 35.5. The lowest BCUT2D eigenvalue weighted by Crippen LogP contribution is -2.85. The van der Waals surface area contributed by atoms with Gasteiger partial charge in [-0.1, -0.05) is 24.9 Å². The Balaban J connectivity index is 2.43. The SMILES string of the molecule is CCCC[NH2+][C@H](C)c1nc2cc(Cl)ccc2c(=O)n1C. The minimum Gasteiger partial charge on any atom is -0.338 e. The molecule has 2 rings (SSSR count). The number of quaternary nitrogens is 1. The number of hydrogen-bond donors (Lipinski definition) is 1. The van der Waals surface area contributed by atoms with Crippen LogP contribution >= 0.6 is 11.6 Å². The van der Waals surface area contributed by atoms with E-state index in [1.54, 1.807) is 29.8 Å². The van der Waals surface area contributed by atoms with Gasteiger partial charge in [0.2, 0.25) is 0 Å². The highest BCUT2D eigenvalue weighted by Crippen LogP contribution is 2.16. The first-order valence-corrected chi connectivity index (χ1v) is 7.42. The number of nitrogens with two attached hydrogens (primary N) is 1. The number of benzene rings is 1. The van der Waals surface area contributed by atoms with Gasteiger partial charge in [-0.05, 0) is 31.5 Å². The predicted octanol–water partition coefficient (Wildman–Crippen LogP) is 2.01. The van der Waals surface area contributed by atoms with Crippen LogP contribution in [0.4, 0.5) is 0 Å². The number of fused-ring (bicyclic) bond motifs is 1. The molecule has 0 aliphatic heterocycles. The zero-order valence-electron chi connectivity index (χ0n) is 12.2. The molecule has 0 saturated heterocycles. The maximum absolute atomic E-state index is 12.4. The fourth-order valence-corrected chi connectivity index (χ4v) is 2.51. The molecule has 1 aromatic carbocycles. The van der Waals surface area contributed by atoms with Crippen LogP contribution in [-0.2, 0) is 7.05 Å². The Morgan fingerprint density at radius 1 is 1.45 bits per heavy atom. The summed E-state index contributed by atoms with van der Waals surface area (Å²) in [4.78, 5) is 17.0. The summed E-state index contributed by atoms with van der Waals surface area (Å²) >= 11 is 5.99. The fraction of sp³-hybridized carbons (Fsp3) is 0.467. The number of halogens is 1. The standard InChI is InChI=1S/C15H20ClN3O/c1-4-5-8-17-10(2)14-18-13-9-11(16)6-7-12(13)15(20)19(14)3/h6-7,9-10,17H,4-5,8H2,1-3H3/p+1/t10-/m1/s1. The lowest BCUT2D eigenvalue weighted by molar-refractivity contribution is -0.694. The quantitative estimate of drug-likeness (QED) is 0.858. The van der Waals surface area contributed by atoms with E-state index in [4.69, 9.17) is 11.6 Å². The minimum atomic E-state index is -0.0163. The summed E-state index contributed by atoms with van der Waals surface area (Å²) in [6.07, 6.45) is 2.33. The molecule has 20 heavy (non-hydrogen) atoms. The van der Waals surface area contributed by atoms with E-state index < -0.39 is 0 Å². The summed E-state index contributed by atoms with van der Waals surface area (Å²) in [5.74, 6) is 0.792. The van der Waals surface area contributed by atoms with Gasteiger partial charge in [0.1, 0.15) is 6.04 Å². The van der Waals surface area contributed by atoms with Gasteiger partial charge in [-0.25, -0.2) is 4.98 Å². The molecule has 0 saturated carbocycles. The largest absolute Gasteiger partial charge is 0.338 e. The predicted molar refractivity (Wildman–Crippen MR) is 82.1 cm³/mol. The number of nitrogens with zero attached hydrogens (tertiary/aromatic N) is 2. The van der Waals surface area contributed by atoms with Crippen molar-refractivity contribution in [3.8, 4) is 0 Å². The van der Waals surface area contributed by atoms with E-state index in [0.29, 0.717) is 15.9 Å². The normalized spacial score (nSPS) is 12.8. The zero-order chi connectivity index (χ0) is 14.7. The maximum atomic E-state index is 12.4. The first-order chi connectivity index (χ1) is 9.54. The van der Waals surface area contributed by atoms with Crippen LogP contribution in [0.2, 0.25) is 5.02 Å². The van der Waals surface area contributed by atoms with Crippen LogP contribution in [0, 0.1) is 0 Å². The number of rotatable bonds is 5. The molecule has 0 spiro atoms. The Labute approximate surface area is 123 Å². The van der Waals surface area contributed by atoms with Gasteiger partial charge in [-0.2, -0.15) is 0 Å². The summed E-state index contributed by atoms with van der Waals surface area (Å²) in [6, 6.07) is 5.37. The van der Waals surface area contributed by atoms with Gasteiger partial charge in [-0.3, -0.25) is 9.36 Å². The van der Waals surface area contributed by atoms with E-state index in [0.717, 1.165) is 18.8 Å². The van der Waals surface area contributed by atoms with E-state index in [-0.39, 0.29) is 11.6 Å². The number of hydrogen-bond acceptors (Lipinski definition) is 2. The molecule has 108 valence electrons. The van der Waals surface area contributed by atoms with Gasteiger partial charge in [0.15, 0.2) is 5.82 Å². The fourth-order valence-electron chi connectivity index (χ4n) is 2.35. The molecular formula is C15H21ClN3O+. The van der Waals surface area contributed by atoms with E-state index in [1.165, 1.54) is 6.42 Å². The molecule has 2 N–H and O–H groups in total. The van der Waals surface area contributed by atoms with Gasteiger partial charge in [0.05, 0.1) is 17.4 Å². The van der Waals surface area contributed by atoms with E-state index in [9.17, 15) is 4.79 Å². The molecule has 2 aromatic rings. The molecule has 4 nitrogen and oxygen atoms in total.